The van der Waals surface area contributed by atoms with Gasteiger partial charge in [0.15, 0.2) is 0 Å². The average molecular weight is 298 g/mol. The van der Waals surface area contributed by atoms with E-state index in [0.29, 0.717) is 17.9 Å². The van der Waals surface area contributed by atoms with Crippen molar-refractivity contribution in [1.29, 1.82) is 5.41 Å². The standard InChI is InChI=1S/C14H16ClNO4/c1-7(2)3-4-8-5-9(13(17)18)6-10(12(15)16)11(8)14(19)20/h5-7,16H,3-4H2,1-2H3,(H,17,18)(H,19,20). The van der Waals surface area contributed by atoms with Gasteiger partial charge in [-0.2, -0.15) is 0 Å². The first-order valence-electron chi connectivity index (χ1n) is 6.12. The van der Waals surface area contributed by atoms with E-state index in [1.54, 1.807) is 0 Å². The maximum Gasteiger partial charge on any atom is 0.336 e. The summed E-state index contributed by atoms with van der Waals surface area (Å²) >= 11 is 5.59. The van der Waals surface area contributed by atoms with Gasteiger partial charge in [0.2, 0.25) is 0 Å². The zero-order valence-electron chi connectivity index (χ0n) is 11.2. The van der Waals surface area contributed by atoms with E-state index >= 15 is 0 Å². The number of carboxylic acids is 2. The summed E-state index contributed by atoms with van der Waals surface area (Å²) in [6.07, 6.45) is 1.15. The van der Waals surface area contributed by atoms with Crippen LogP contribution >= 0.6 is 11.6 Å². The number of rotatable bonds is 6. The lowest BCUT2D eigenvalue weighted by Crippen LogP contribution is -2.13. The van der Waals surface area contributed by atoms with Crippen LogP contribution in [0.3, 0.4) is 0 Å². The van der Waals surface area contributed by atoms with Crippen LogP contribution in [0.2, 0.25) is 0 Å². The van der Waals surface area contributed by atoms with E-state index in [4.69, 9.17) is 22.1 Å². The summed E-state index contributed by atoms with van der Waals surface area (Å²) in [6, 6.07) is 2.47. The van der Waals surface area contributed by atoms with Crippen molar-refractivity contribution >= 4 is 28.7 Å². The van der Waals surface area contributed by atoms with Gasteiger partial charge >= 0.3 is 11.9 Å². The highest BCUT2D eigenvalue weighted by molar-refractivity contribution is 6.69. The Kier molecular flexibility index (Phi) is 5.27. The summed E-state index contributed by atoms with van der Waals surface area (Å²) in [5, 5.41) is 25.3. The highest BCUT2D eigenvalue weighted by Gasteiger charge is 2.21. The third-order valence-electron chi connectivity index (χ3n) is 2.91. The Morgan fingerprint density at radius 1 is 1.25 bits per heavy atom. The maximum atomic E-state index is 11.4. The molecule has 0 radical (unpaired) electrons. The summed E-state index contributed by atoms with van der Waals surface area (Å²) in [5.74, 6) is -2.03. The zero-order valence-corrected chi connectivity index (χ0v) is 12.0. The van der Waals surface area contributed by atoms with Crippen LogP contribution in [0.4, 0.5) is 0 Å². The molecular weight excluding hydrogens is 282 g/mol. The van der Waals surface area contributed by atoms with Crippen LogP contribution in [-0.2, 0) is 6.42 Å². The first-order chi connectivity index (χ1) is 9.23. The van der Waals surface area contributed by atoms with Gasteiger partial charge in [0.05, 0.1) is 11.1 Å². The molecule has 0 aromatic heterocycles. The van der Waals surface area contributed by atoms with Gasteiger partial charge in [0, 0.05) is 5.56 Å². The van der Waals surface area contributed by atoms with E-state index < -0.39 is 17.1 Å². The van der Waals surface area contributed by atoms with Crippen LogP contribution in [0.25, 0.3) is 0 Å². The Morgan fingerprint density at radius 2 is 1.85 bits per heavy atom. The molecule has 0 saturated carbocycles. The molecule has 20 heavy (non-hydrogen) atoms. The van der Waals surface area contributed by atoms with Crippen LogP contribution in [0.15, 0.2) is 12.1 Å². The summed E-state index contributed by atoms with van der Waals surface area (Å²) in [7, 11) is 0. The molecule has 0 heterocycles. The number of benzene rings is 1. The summed E-state index contributed by atoms with van der Waals surface area (Å²) in [4.78, 5) is 22.5. The molecule has 0 atom stereocenters. The molecule has 1 rings (SSSR count). The van der Waals surface area contributed by atoms with Gasteiger partial charge in [-0.1, -0.05) is 25.4 Å². The van der Waals surface area contributed by atoms with E-state index in [0.717, 1.165) is 12.5 Å². The average Bonchev–Trinajstić information content (AvgIpc) is 2.34. The lowest BCUT2D eigenvalue weighted by Gasteiger charge is -2.13. The largest absolute Gasteiger partial charge is 0.478 e. The van der Waals surface area contributed by atoms with Crippen molar-refractivity contribution in [3.8, 4) is 0 Å². The molecule has 0 bridgehead atoms. The predicted octanol–water partition coefficient (Wildman–Crippen LogP) is 3.24. The van der Waals surface area contributed by atoms with E-state index in [1.165, 1.54) is 6.07 Å². The summed E-state index contributed by atoms with van der Waals surface area (Å²) < 4.78 is 0. The van der Waals surface area contributed by atoms with Gasteiger partial charge < -0.3 is 10.2 Å². The number of aromatic carboxylic acids is 2. The third kappa shape index (κ3) is 3.81. The summed E-state index contributed by atoms with van der Waals surface area (Å²) in [5.41, 5.74) is 0.189. The van der Waals surface area contributed by atoms with Crippen LogP contribution in [0, 0.1) is 11.3 Å². The Labute approximate surface area is 121 Å². The van der Waals surface area contributed by atoms with E-state index in [9.17, 15) is 14.7 Å². The minimum absolute atomic E-state index is 0.0576. The van der Waals surface area contributed by atoms with Crippen molar-refractivity contribution < 1.29 is 19.8 Å². The summed E-state index contributed by atoms with van der Waals surface area (Å²) in [6.45, 7) is 3.98. The second-order valence-electron chi connectivity index (χ2n) is 4.91. The molecule has 0 unspecified atom stereocenters. The molecule has 6 heteroatoms. The smallest absolute Gasteiger partial charge is 0.336 e. The maximum absolute atomic E-state index is 11.4. The fourth-order valence-corrected chi connectivity index (χ4v) is 2.04. The van der Waals surface area contributed by atoms with E-state index in [-0.39, 0.29) is 16.7 Å². The van der Waals surface area contributed by atoms with Crippen molar-refractivity contribution in [3.05, 3.63) is 34.4 Å². The first kappa shape index (κ1) is 16.2. The molecule has 5 nitrogen and oxygen atoms in total. The molecular formula is C14H16ClNO4. The van der Waals surface area contributed by atoms with Crippen molar-refractivity contribution in [2.24, 2.45) is 5.92 Å². The fourth-order valence-electron chi connectivity index (χ4n) is 1.89. The Hall–Kier alpha value is -1.88. The highest BCUT2D eigenvalue weighted by atomic mass is 35.5. The Balaban J connectivity index is 3.46. The molecule has 1 aromatic carbocycles. The molecule has 0 amide bonds. The molecule has 0 aliphatic heterocycles. The number of halogens is 1. The van der Waals surface area contributed by atoms with Gasteiger partial charge in [0.25, 0.3) is 0 Å². The molecule has 0 saturated heterocycles. The van der Waals surface area contributed by atoms with Crippen LogP contribution in [0.5, 0.6) is 0 Å². The van der Waals surface area contributed by atoms with Gasteiger partial charge in [-0.3, -0.25) is 5.41 Å². The number of hydrogen-bond donors (Lipinski definition) is 3. The second kappa shape index (κ2) is 6.52. The van der Waals surface area contributed by atoms with Crippen LogP contribution in [-0.4, -0.2) is 27.3 Å². The van der Waals surface area contributed by atoms with Crippen molar-refractivity contribution in [3.63, 3.8) is 0 Å². The van der Waals surface area contributed by atoms with Gasteiger partial charge in [-0.25, -0.2) is 9.59 Å². The van der Waals surface area contributed by atoms with Crippen LogP contribution < -0.4 is 0 Å². The molecule has 1 aromatic rings. The predicted molar refractivity (Wildman–Crippen MR) is 76.2 cm³/mol. The topological polar surface area (TPSA) is 98.5 Å². The molecule has 0 aliphatic rings. The van der Waals surface area contributed by atoms with Gasteiger partial charge in [-0.05, 0) is 36.5 Å². The fraction of sp³-hybridized carbons (Fsp3) is 0.357. The molecule has 0 fully saturated rings. The number of aryl methyl sites for hydroxylation is 1. The number of carbonyl (C=O) groups is 2. The minimum atomic E-state index is -1.21. The minimum Gasteiger partial charge on any atom is -0.478 e. The lowest BCUT2D eigenvalue weighted by atomic mass is 9.93. The molecule has 0 spiro atoms. The lowest BCUT2D eigenvalue weighted by molar-refractivity contribution is 0.0680. The van der Waals surface area contributed by atoms with Crippen molar-refractivity contribution in [2.75, 3.05) is 0 Å². The van der Waals surface area contributed by atoms with E-state index in [2.05, 4.69) is 0 Å². The SMILES string of the molecule is CC(C)CCc1cc(C(=O)O)cc(C(=N)Cl)c1C(=O)O. The quantitative estimate of drug-likeness (QED) is 0.702. The Bertz CT molecular complexity index is 567. The zero-order chi connectivity index (χ0) is 15.4. The van der Waals surface area contributed by atoms with Crippen molar-refractivity contribution in [2.45, 2.75) is 26.7 Å². The number of carboxylic acid groups (broad SMARTS) is 2. The monoisotopic (exact) mass is 297 g/mol. The molecule has 3 N–H and O–H groups in total. The van der Waals surface area contributed by atoms with E-state index in [1.807, 2.05) is 13.8 Å². The third-order valence-corrected chi connectivity index (χ3v) is 3.11. The Morgan fingerprint density at radius 3 is 2.25 bits per heavy atom. The molecule has 0 aliphatic carbocycles. The van der Waals surface area contributed by atoms with Crippen LogP contribution in [0.1, 0.15) is 52.1 Å². The highest BCUT2D eigenvalue weighted by Crippen LogP contribution is 2.23. The number of nitrogens with one attached hydrogen (secondary N) is 1. The van der Waals surface area contributed by atoms with Crippen molar-refractivity contribution in [1.82, 2.24) is 0 Å². The first-order valence-corrected chi connectivity index (χ1v) is 6.49. The van der Waals surface area contributed by atoms with Gasteiger partial charge in [-0.15, -0.1) is 0 Å². The number of hydrogen-bond acceptors (Lipinski definition) is 3. The second-order valence-corrected chi connectivity index (χ2v) is 5.29. The van der Waals surface area contributed by atoms with Gasteiger partial charge in [0.1, 0.15) is 5.17 Å². The normalized spacial score (nSPS) is 10.6. The molecule has 108 valence electrons.